The first-order valence-electron chi connectivity index (χ1n) is 9.05. The van der Waals surface area contributed by atoms with Crippen molar-refractivity contribution in [3.63, 3.8) is 0 Å². The summed E-state index contributed by atoms with van der Waals surface area (Å²) >= 11 is 1.70. The molecule has 27 heavy (non-hydrogen) atoms. The highest BCUT2D eigenvalue weighted by atomic mass is 32.2. The summed E-state index contributed by atoms with van der Waals surface area (Å²) in [5, 5.41) is 1.22. The number of oxazole rings is 1. The third-order valence-corrected chi connectivity index (χ3v) is 6.82. The predicted octanol–water partition coefficient (Wildman–Crippen LogP) is 4.53. The molecule has 1 aliphatic heterocycles. The van der Waals surface area contributed by atoms with Crippen molar-refractivity contribution in [2.75, 3.05) is 5.73 Å². The highest BCUT2D eigenvalue weighted by Gasteiger charge is 2.47. The van der Waals surface area contributed by atoms with Crippen LogP contribution in [0.1, 0.15) is 29.8 Å². The minimum atomic E-state index is -0.457. The van der Waals surface area contributed by atoms with Crippen LogP contribution in [0.5, 0.6) is 0 Å². The molecule has 6 heteroatoms. The summed E-state index contributed by atoms with van der Waals surface area (Å²) in [6.07, 6.45) is 6.39. The minimum absolute atomic E-state index is 0.457. The Labute approximate surface area is 161 Å². The van der Waals surface area contributed by atoms with Crippen LogP contribution in [0.25, 0.3) is 10.9 Å². The highest BCUT2D eigenvalue weighted by Crippen LogP contribution is 2.56. The van der Waals surface area contributed by atoms with Gasteiger partial charge in [-0.1, -0.05) is 17.8 Å². The van der Waals surface area contributed by atoms with Gasteiger partial charge in [-0.15, -0.1) is 0 Å². The summed E-state index contributed by atoms with van der Waals surface area (Å²) in [6, 6.07) is 10.6. The third-order valence-electron chi connectivity index (χ3n) is 5.25. The molecule has 0 radical (unpaired) electrons. The van der Waals surface area contributed by atoms with Gasteiger partial charge >= 0.3 is 0 Å². The fourth-order valence-corrected chi connectivity index (χ4v) is 5.28. The normalized spacial score (nSPS) is 18.9. The van der Waals surface area contributed by atoms with Crippen LogP contribution in [0.15, 0.2) is 58.2 Å². The lowest BCUT2D eigenvalue weighted by Crippen LogP contribution is -2.23. The van der Waals surface area contributed by atoms with E-state index in [0.717, 1.165) is 34.1 Å². The molecule has 1 aromatic carbocycles. The van der Waals surface area contributed by atoms with Crippen molar-refractivity contribution in [3.8, 4) is 0 Å². The molecule has 0 saturated heterocycles. The molecule has 3 aromatic heterocycles. The van der Waals surface area contributed by atoms with Crippen molar-refractivity contribution in [3.05, 3.63) is 71.8 Å². The van der Waals surface area contributed by atoms with E-state index in [4.69, 9.17) is 10.2 Å². The number of pyridine rings is 1. The minimum Gasteiger partial charge on any atom is -0.444 e. The average Bonchev–Trinajstić information content (AvgIpc) is 3.38. The molecule has 5 nitrogen and oxygen atoms in total. The topological polar surface area (TPSA) is 69.9 Å². The second-order valence-corrected chi connectivity index (χ2v) is 8.24. The SMILES string of the molecule is CCn1ccc2cc(C3(c4ncc(C)o4)Cc4nccc(N)c4S3)ccc21. The first-order valence-corrected chi connectivity index (χ1v) is 9.87. The second-order valence-electron chi connectivity index (χ2n) is 6.93. The summed E-state index contributed by atoms with van der Waals surface area (Å²) in [7, 11) is 0. The van der Waals surface area contributed by atoms with Gasteiger partial charge in [0.05, 0.1) is 16.8 Å². The Hall–Kier alpha value is -2.73. The summed E-state index contributed by atoms with van der Waals surface area (Å²) in [5.74, 6) is 1.51. The number of aromatic nitrogens is 3. The smallest absolute Gasteiger partial charge is 0.215 e. The quantitative estimate of drug-likeness (QED) is 0.569. The number of nitrogens with zero attached hydrogens (tertiary/aromatic N) is 3. The summed E-state index contributed by atoms with van der Waals surface area (Å²) < 4.78 is 7.82. The van der Waals surface area contributed by atoms with E-state index in [1.807, 2.05) is 13.0 Å². The molecule has 1 aliphatic rings. The molecule has 0 saturated carbocycles. The zero-order valence-electron chi connectivity index (χ0n) is 15.3. The predicted molar refractivity (Wildman–Crippen MR) is 108 cm³/mol. The van der Waals surface area contributed by atoms with Gasteiger partial charge in [0.25, 0.3) is 0 Å². The lowest BCUT2D eigenvalue weighted by atomic mass is 9.92. The van der Waals surface area contributed by atoms with Crippen LogP contribution in [0.2, 0.25) is 0 Å². The van der Waals surface area contributed by atoms with Gasteiger partial charge in [0, 0.05) is 36.6 Å². The van der Waals surface area contributed by atoms with Gasteiger partial charge in [-0.3, -0.25) is 4.98 Å². The summed E-state index contributed by atoms with van der Waals surface area (Å²) in [5.41, 5.74) is 10.4. The number of nitrogen functional groups attached to an aromatic ring is 1. The lowest BCUT2D eigenvalue weighted by Gasteiger charge is -2.25. The van der Waals surface area contributed by atoms with Gasteiger partial charge in [0.15, 0.2) is 0 Å². The second kappa shape index (κ2) is 5.89. The molecule has 0 spiro atoms. The van der Waals surface area contributed by atoms with Crippen molar-refractivity contribution >= 4 is 28.4 Å². The molecule has 4 aromatic rings. The van der Waals surface area contributed by atoms with Crippen molar-refractivity contribution in [1.29, 1.82) is 0 Å². The zero-order valence-corrected chi connectivity index (χ0v) is 16.1. The van der Waals surface area contributed by atoms with Crippen LogP contribution in [0.4, 0.5) is 5.69 Å². The number of hydrogen-bond acceptors (Lipinski definition) is 5. The van der Waals surface area contributed by atoms with E-state index in [2.05, 4.69) is 51.9 Å². The Bertz CT molecular complexity index is 1160. The first kappa shape index (κ1) is 16.4. The molecule has 2 N–H and O–H groups in total. The molecule has 1 atom stereocenters. The molecule has 0 bridgehead atoms. The number of hydrogen-bond donors (Lipinski definition) is 1. The summed E-state index contributed by atoms with van der Waals surface area (Å²) in [4.78, 5) is 10.2. The van der Waals surface area contributed by atoms with Gasteiger partial charge in [0.1, 0.15) is 10.5 Å². The van der Waals surface area contributed by atoms with Crippen LogP contribution >= 0.6 is 11.8 Å². The Morgan fingerprint density at radius 1 is 1.26 bits per heavy atom. The van der Waals surface area contributed by atoms with Gasteiger partial charge in [-0.05, 0) is 49.1 Å². The molecule has 0 amide bonds. The Morgan fingerprint density at radius 3 is 2.89 bits per heavy atom. The largest absolute Gasteiger partial charge is 0.444 e. The average molecular weight is 376 g/mol. The first-order chi connectivity index (χ1) is 13.1. The van der Waals surface area contributed by atoms with Crippen LogP contribution < -0.4 is 5.73 Å². The maximum Gasteiger partial charge on any atom is 0.215 e. The molecule has 0 aliphatic carbocycles. The zero-order chi connectivity index (χ0) is 18.6. The Balaban J connectivity index is 1.72. The molecular weight excluding hydrogens is 356 g/mol. The van der Waals surface area contributed by atoms with E-state index in [0.29, 0.717) is 12.3 Å². The van der Waals surface area contributed by atoms with Crippen LogP contribution in [0.3, 0.4) is 0 Å². The number of nitrogens with two attached hydrogens (primary N) is 1. The monoisotopic (exact) mass is 376 g/mol. The standard InChI is InChI=1S/C21H20N4OS/c1-3-25-9-7-14-10-15(4-5-18(14)25)21(20-24-12-13(2)26-20)11-17-19(27-21)16(22)6-8-23-17/h4-10,12H,3,11H2,1-2H3,(H2,22,23). The van der Waals surface area contributed by atoms with Crippen molar-refractivity contribution in [1.82, 2.24) is 14.5 Å². The molecule has 0 fully saturated rings. The number of fused-ring (bicyclic) bond motifs is 2. The van der Waals surface area contributed by atoms with E-state index < -0.39 is 4.75 Å². The highest BCUT2D eigenvalue weighted by molar-refractivity contribution is 8.01. The molecular formula is C21H20N4OS. The van der Waals surface area contributed by atoms with Gasteiger partial charge in [0.2, 0.25) is 5.89 Å². The number of anilines is 1. The van der Waals surface area contributed by atoms with Crippen LogP contribution in [-0.2, 0) is 17.7 Å². The fourth-order valence-electron chi connectivity index (χ4n) is 3.87. The Kier molecular flexibility index (Phi) is 3.59. The summed E-state index contributed by atoms with van der Waals surface area (Å²) in [6.45, 7) is 5.03. The van der Waals surface area contributed by atoms with Crippen molar-refractivity contribution in [2.45, 2.75) is 36.5 Å². The van der Waals surface area contributed by atoms with E-state index >= 15 is 0 Å². The van der Waals surface area contributed by atoms with E-state index in [1.165, 1.54) is 10.9 Å². The maximum atomic E-state index is 6.25. The van der Waals surface area contributed by atoms with Gasteiger partial charge in [-0.25, -0.2) is 4.98 Å². The van der Waals surface area contributed by atoms with E-state index in [9.17, 15) is 0 Å². The van der Waals surface area contributed by atoms with Gasteiger partial charge < -0.3 is 14.7 Å². The number of benzene rings is 1. The van der Waals surface area contributed by atoms with Crippen LogP contribution in [0, 0.1) is 6.92 Å². The number of rotatable bonds is 3. The fraction of sp³-hybridized carbons (Fsp3) is 0.238. The van der Waals surface area contributed by atoms with E-state index in [1.54, 1.807) is 24.2 Å². The molecule has 1 unspecified atom stereocenters. The lowest BCUT2D eigenvalue weighted by molar-refractivity contribution is 0.433. The molecule has 4 heterocycles. The van der Waals surface area contributed by atoms with E-state index in [-0.39, 0.29) is 0 Å². The van der Waals surface area contributed by atoms with Crippen molar-refractivity contribution in [2.24, 2.45) is 0 Å². The van der Waals surface area contributed by atoms with Crippen molar-refractivity contribution < 1.29 is 4.42 Å². The molecule has 5 rings (SSSR count). The Morgan fingerprint density at radius 2 is 2.15 bits per heavy atom. The van der Waals surface area contributed by atoms with Gasteiger partial charge in [-0.2, -0.15) is 0 Å². The number of thioether (sulfide) groups is 1. The maximum absolute atomic E-state index is 6.25. The van der Waals surface area contributed by atoms with Crippen LogP contribution in [-0.4, -0.2) is 14.5 Å². The number of aryl methyl sites for hydroxylation is 2. The molecule has 136 valence electrons. The third kappa shape index (κ3) is 2.40.